The van der Waals surface area contributed by atoms with Gasteiger partial charge in [-0.1, -0.05) is 17.7 Å². The number of benzene rings is 2. The number of rotatable bonds is 5. The first-order chi connectivity index (χ1) is 14.4. The minimum Gasteiger partial charge on any atom is -0.322 e. The van der Waals surface area contributed by atoms with Crippen molar-refractivity contribution in [1.82, 2.24) is 9.78 Å². The van der Waals surface area contributed by atoms with Crippen LogP contribution >= 0.6 is 11.6 Å². The van der Waals surface area contributed by atoms with Gasteiger partial charge in [0, 0.05) is 22.1 Å². The third-order valence-corrected chi connectivity index (χ3v) is 6.50. The fourth-order valence-corrected chi connectivity index (χ4v) is 4.66. The molecule has 0 saturated carbocycles. The maximum Gasteiger partial charge on any atom is 0.262 e. The van der Waals surface area contributed by atoms with Crippen molar-refractivity contribution in [1.29, 1.82) is 0 Å². The van der Waals surface area contributed by atoms with E-state index in [1.807, 2.05) is 27.7 Å². The lowest BCUT2D eigenvalue weighted by atomic mass is 10.1. The number of carbonyl (C=O) groups excluding carboxylic acids is 1. The lowest BCUT2D eigenvalue weighted by Crippen LogP contribution is -2.25. The molecule has 0 radical (unpaired) electrons. The number of carbonyl (C=O) groups is 1. The van der Waals surface area contributed by atoms with E-state index >= 15 is 0 Å². The molecule has 9 heteroatoms. The number of aryl methyl sites for hydroxylation is 1. The predicted octanol–water partition coefficient (Wildman–Crippen LogP) is 4.96. The van der Waals surface area contributed by atoms with Gasteiger partial charge in [-0.05, 0) is 76.6 Å². The van der Waals surface area contributed by atoms with Crippen LogP contribution in [0.25, 0.3) is 0 Å². The lowest BCUT2D eigenvalue weighted by Gasteiger charge is -2.21. The van der Waals surface area contributed by atoms with Gasteiger partial charge in [0.1, 0.15) is 0 Å². The van der Waals surface area contributed by atoms with Crippen LogP contribution in [0, 0.1) is 13.8 Å². The lowest BCUT2D eigenvalue weighted by molar-refractivity contribution is 0.102. The molecule has 2 aromatic carbocycles. The molecule has 3 rings (SSSR count). The highest BCUT2D eigenvalue weighted by atomic mass is 35.5. The fraction of sp³-hybridized carbons (Fsp3) is 0.273. The molecule has 7 nitrogen and oxygen atoms in total. The van der Waals surface area contributed by atoms with Crippen molar-refractivity contribution < 1.29 is 13.2 Å². The second-order valence-electron chi connectivity index (χ2n) is 8.27. The average Bonchev–Trinajstić information content (AvgIpc) is 3.07. The van der Waals surface area contributed by atoms with Crippen LogP contribution in [0.1, 0.15) is 42.4 Å². The van der Waals surface area contributed by atoms with Crippen LogP contribution in [0.4, 0.5) is 11.4 Å². The zero-order valence-electron chi connectivity index (χ0n) is 18.0. The van der Waals surface area contributed by atoms with Gasteiger partial charge in [0.15, 0.2) is 0 Å². The topological polar surface area (TPSA) is 93.1 Å². The Labute approximate surface area is 187 Å². The first-order valence-electron chi connectivity index (χ1n) is 9.64. The summed E-state index contributed by atoms with van der Waals surface area (Å²) in [5.74, 6) is -0.356. The summed E-state index contributed by atoms with van der Waals surface area (Å²) in [5, 5.41) is 7.60. The first kappa shape index (κ1) is 22.8. The zero-order valence-corrected chi connectivity index (χ0v) is 19.6. The van der Waals surface area contributed by atoms with Gasteiger partial charge in [-0.3, -0.25) is 14.2 Å². The van der Waals surface area contributed by atoms with E-state index in [2.05, 4.69) is 15.1 Å². The number of hydrogen-bond acceptors (Lipinski definition) is 4. The number of anilines is 2. The van der Waals surface area contributed by atoms with Crippen molar-refractivity contribution >= 4 is 38.9 Å². The highest BCUT2D eigenvalue weighted by Gasteiger charge is 2.23. The van der Waals surface area contributed by atoms with Crippen LogP contribution in [0.5, 0.6) is 0 Å². The molecule has 1 aromatic heterocycles. The number of nitrogens with one attached hydrogen (secondary N) is 2. The number of amides is 1. The average molecular weight is 461 g/mol. The molecule has 0 saturated heterocycles. The minimum atomic E-state index is -3.86. The molecule has 0 aliphatic heterocycles. The Kier molecular flexibility index (Phi) is 6.16. The summed E-state index contributed by atoms with van der Waals surface area (Å²) in [6.45, 7) is 9.52. The Morgan fingerprint density at radius 1 is 1.03 bits per heavy atom. The van der Waals surface area contributed by atoms with Gasteiger partial charge in [-0.25, -0.2) is 8.42 Å². The van der Waals surface area contributed by atoms with E-state index in [1.165, 1.54) is 12.3 Å². The second kappa shape index (κ2) is 8.36. The molecular weight excluding hydrogens is 436 g/mol. The van der Waals surface area contributed by atoms with E-state index in [-0.39, 0.29) is 16.3 Å². The maximum atomic E-state index is 12.9. The van der Waals surface area contributed by atoms with Crippen LogP contribution in [0.15, 0.2) is 53.6 Å². The van der Waals surface area contributed by atoms with Gasteiger partial charge in [0.05, 0.1) is 22.2 Å². The molecule has 0 aliphatic rings. The van der Waals surface area contributed by atoms with Crippen molar-refractivity contribution in [2.24, 2.45) is 0 Å². The molecule has 31 heavy (non-hydrogen) atoms. The SMILES string of the molecule is Cc1ccc(NC(=O)c2cnn(C(C)(C)C)c2C)cc1S(=O)(=O)Nc1ccc(Cl)cc1. The highest BCUT2D eigenvalue weighted by Crippen LogP contribution is 2.25. The number of hydrogen-bond donors (Lipinski definition) is 2. The van der Waals surface area contributed by atoms with E-state index in [0.29, 0.717) is 27.5 Å². The van der Waals surface area contributed by atoms with E-state index in [0.717, 1.165) is 5.69 Å². The Morgan fingerprint density at radius 3 is 2.23 bits per heavy atom. The normalized spacial score (nSPS) is 11.9. The van der Waals surface area contributed by atoms with E-state index < -0.39 is 10.0 Å². The van der Waals surface area contributed by atoms with Gasteiger partial charge >= 0.3 is 0 Å². The third kappa shape index (κ3) is 5.08. The first-order valence-corrected chi connectivity index (χ1v) is 11.5. The Hall–Kier alpha value is -2.84. The number of sulfonamides is 1. The van der Waals surface area contributed by atoms with E-state index in [1.54, 1.807) is 48.0 Å². The number of aromatic nitrogens is 2. The quantitative estimate of drug-likeness (QED) is 0.562. The Bertz CT molecular complexity index is 1230. The number of halogens is 1. The summed E-state index contributed by atoms with van der Waals surface area (Å²) in [6.07, 6.45) is 1.52. The minimum absolute atomic E-state index is 0.0716. The Morgan fingerprint density at radius 2 is 1.65 bits per heavy atom. The van der Waals surface area contributed by atoms with Gasteiger partial charge in [0.25, 0.3) is 15.9 Å². The molecule has 0 atom stereocenters. The zero-order chi connectivity index (χ0) is 23.0. The summed E-state index contributed by atoms with van der Waals surface area (Å²) in [6, 6.07) is 11.1. The standard InChI is InChI=1S/C22H25ClN4O3S/c1-14-6-9-18(25-21(28)19-13-24-27(15(19)2)22(3,4)5)12-20(14)31(29,30)26-17-10-7-16(23)8-11-17/h6-13,26H,1-5H3,(H,25,28). The highest BCUT2D eigenvalue weighted by molar-refractivity contribution is 7.92. The summed E-state index contributed by atoms with van der Waals surface area (Å²) in [7, 11) is -3.86. The molecule has 3 aromatic rings. The summed E-state index contributed by atoms with van der Waals surface area (Å²) < 4.78 is 30.1. The molecule has 2 N–H and O–H groups in total. The largest absolute Gasteiger partial charge is 0.322 e. The maximum absolute atomic E-state index is 12.9. The van der Waals surface area contributed by atoms with Crippen molar-refractivity contribution in [2.45, 2.75) is 45.1 Å². The summed E-state index contributed by atoms with van der Waals surface area (Å²) >= 11 is 5.86. The van der Waals surface area contributed by atoms with Crippen LogP contribution in [-0.4, -0.2) is 24.1 Å². The van der Waals surface area contributed by atoms with Gasteiger partial charge in [0.2, 0.25) is 0 Å². The van der Waals surface area contributed by atoms with Crippen molar-refractivity contribution in [2.75, 3.05) is 10.0 Å². The van der Waals surface area contributed by atoms with Crippen LogP contribution in [0.3, 0.4) is 0 Å². The van der Waals surface area contributed by atoms with Gasteiger partial charge in [-0.2, -0.15) is 5.10 Å². The molecule has 0 aliphatic carbocycles. The predicted molar refractivity (Wildman–Crippen MR) is 123 cm³/mol. The smallest absolute Gasteiger partial charge is 0.262 e. The molecule has 0 spiro atoms. The van der Waals surface area contributed by atoms with Crippen molar-refractivity contribution in [3.05, 3.63) is 70.5 Å². The van der Waals surface area contributed by atoms with Crippen LogP contribution in [0.2, 0.25) is 5.02 Å². The summed E-state index contributed by atoms with van der Waals surface area (Å²) in [4.78, 5) is 12.9. The molecule has 0 unspecified atom stereocenters. The molecule has 164 valence electrons. The summed E-state index contributed by atoms with van der Waals surface area (Å²) in [5.41, 5.74) is 2.21. The monoisotopic (exact) mass is 460 g/mol. The third-order valence-electron chi connectivity index (χ3n) is 4.72. The molecular formula is C22H25ClN4O3S. The molecule has 0 fully saturated rings. The van der Waals surface area contributed by atoms with Gasteiger partial charge < -0.3 is 5.32 Å². The second-order valence-corrected chi connectivity index (χ2v) is 10.4. The van der Waals surface area contributed by atoms with Crippen LogP contribution in [-0.2, 0) is 15.6 Å². The van der Waals surface area contributed by atoms with Crippen molar-refractivity contribution in [3.8, 4) is 0 Å². The molecule has 1 heterocycles. The van der Waals surface area contributed by atoms with Crippen molar-refractivity contribution in [3.63, 3.8) is 0 Å². The fourth-order valence-electron chi connectivity index (χ4n) is 3.20. The molecule has 0 bridgehead atoms. The molecule has 1 amide bonds. The van der Waals surface area contributed by atoms with Crippen LogP contribution < -0.4 is 10.0 Å². The Balaban J connectivity index is 1.86. The van der Waals surface area contributed by atoms with Gasteiger partial charge in [-0.15, -0.1) is 0 Å². The van der Waals surface area contributed by atoms with E-state index in [4.69, 9.17) is 11.6 Å². The number of nitrogens with zero attached hydrogens (tertiary/aromatic N) is 2. The van der Waals surface area contributed by atoms with E-state index in [9.17, 15) is 13.2 Å².